The number of hydrogen-bond donors (Lipinski definition) is 0. The fourth-order valence-electron chi connectivity index (χ4n) is 2.61. The van der Waals surface area contributed by atoms with Gasteiger partial charge in [0, 0.05) is 44.6 Å². The minimum Gasteiger partial charge on any atom is -0.362 e. The molecule has 1 aliphatic heterocycles. The van der Waals surface area contributed by atoms with Crippen LogP contribution in [0.25, 0.3) is 0 Å². The van der Waals surface area contributed by atoms with E-state index in [1.807, 2.05) is 15.9 Å². The van der Waals surface area contributed by atoms with E-state index in [4.69, 9.17) is 5.26 Å². The van der Waals surface area contributed by atoms with Crippen LogP contribution in [0, 0.1) is 21.4 Å². The highest BCUT2D eigenvalue weighted by molar-refractivity contribution is 5.66. The minimum atomic E-state index is -0.442. The van der Waals surface area contributed by atoms with Crippen molar-refractivity contribution in [2.75, 3.05) is 36.0 Å². The van der Waals surface area contributed by atoms with Crippen molar-refractivity contribution in [2.24, 2.45) is 0 Å². The van der Waals surface area contributed by atoms with Crippen LogP contribution in [-0.2, 0) is 0 Å². The van der Waals surface area contributed by atoms with Crippen molar-refractivity contribution in [1.29, 1.82) is 5.26 Å². The topological polar surface area (TPSA) is 99.2 Å². The van der Waals surface area contributed by atoms with E-state index in [2.05, 4.69) is 9.97 Å². The summed E-state index contributed by atoms with van der Waals surface area (Å²) in [6.45, 7) is 2.62. The van der Waals surface area contributed by atoms with E-state index in [1.54, 1.807) is 30.6 Å². The standard InChI is InChI=1S/C15H14N6O2/c16-11-12-2-3-13(14(10-12)21(22)23)19-6-8-20(9-7-19)15-17-4-1-5-18-15/h1-5,10H,6-9H2. The van der Waals surface area contributed by atoms with Crippen LogP contribution < -0.4 is 9.80 Å². The van der Waals surface area contributed by atoms with Gasteiger partial charge in [0.05, 0.1) is 16.6 Å². The maximum Gasteiger partial charge on any atom is 0.293 e. The molecule has 2 heterocycles. The number of benzene rings is 1. The van der Waals surface area contributed by atoms with E-state index in [1.165, 1.54) is 6.07 Å². The molecule has 8 nitrogen and oxygen atoms in total. The van der Waals surface area contributed by atoms with Gasteiger partial charge in [-0.1, -0.05) is 0 Å². The molecule has 0 amide bonds. The summed E-state index contributed by atoms with van der Waals surface area (Å²) in [6, 6.07) is 8.27. The molecular weight excluding hydrogens is 296 g/mol. The molecule has 2 aromatic rings. The zero-order chi connectivity index (χ0) is 16.2. The summed E-state index contributed by atoms with van der Waals surface area (Å²) >= 11 is 0. The van der Waals surface area contributed by atoms with Crippen molar-refractivity contribution in [1.82, 2.24) is 9.97 Å². The zero-order valence-electron chi connectivity index (χ0n) is 12.3. The van der Waals surface area contributed by atoms with Gasteiger partial charge in [-0.05, 0) is 18.2 Å². The first-order valence-corrected chi connectivity index (χ1v) is 7.14. The van der Waals surface area contributed by atoms with Crippen LogP contribution in [-0.4, -0.2) is 41.1 Å². The lowest BCUT2D eigenvalue weighted by Gasteiger charge is -2.35. The molecule has 23 heavy (non-hydrogen) atoms. The number of hydrogen-bond acceptors (Lipinski definition) is 7. The molecule has 0 aliphatic carbocycles. The Kier molecular flexibility index (Phi) is 4.01. The van der Waals surface area contributed by atoms with E-state index in [0.29, 0.717) is 37.8 Å². The van der Waals surface area contributed by atoms with Crippen molar-refractivity contribution in [3.05, 3.63) is 52.3 Å². The fourth-order valence-corrected chi connectivity index (χ4v) is 2.61. The van der Waals surface area contributed by atoms with E-state index in [-0.39, 0.29) is 11.3 Å². The van der Waals surface area contributed by atoms with Crippen molar-refractivity contribution in [3.8, 4) is 6.07 Å². The maximum atomic E-state index is 11.3. The molecule has 0 atom stereocenters. The SMILES string of the molecule is N#Cc1ccc(N2CCN(c3ncccn3)CC2)c([N+](=O)[O-])c1. The molecule has 1 fully saturated rings. The van der Waals surface area contributed by atoms with Gasteiger partial charge < -0.3 is 9.80 Å². The summed E-state index contributed by atoms with van der Waals surface area (Å²) in [5.74, 6) is 0.668. The third-order valence-electron chi connectivity index (χ3n) is 3.76. The van der Waals surface area contributed by atoms with Crippen LogP contribution in [0.2, 0.25) is 0 Å². The van der Waals surface area contributed by atoms with Gasteiger partial charge in [0.25, 0.3) is 5.69 Å². The van der Waals surface area contributed by atoms with E-state index >= 15 is 0 Å². The molecule has 0 N–H and O–H groups in total. The minimum absolute atomic E-state index is 0.0338. The van der Waals surface area contributed by atoms with E-state index in [9.17, 15) is 10.1 Å². The molecule has 0 spiro atoms. The lowest BCUT2D eigenvalue weighted by Crippen LogP contribution is -2.47. The Hall–Kier alpha value is -3.21. The predicted molar refractivity (Wildman–Crippen MR) is 84.3 cm³/mol. The highest BCUT2D eigenvalue weighted by atomic mass is 16.6. The Morgan fingerprint density at radius 3 is 2.39 bits per heavy atom. The molecule has 0 radical (unpaired) electrons. The van der Waals surface area contributed by atoms with Crippen LogP contribution >= 0.6 is 0 Å². The third kappa shape index (κ3) is 3.03. The first-order valence-electron chi connectivity index (χ1n) is 7.14. The summed E-state index contributed by atoms with van der Waals surface area (Å²) < 4.78 is 0. The first kappa shape index (κ1) is 14.7. The number of rotatable bonds is 3. The van der Waals surface area contributed by atoms with Crippen molar-refractivity contribution >= 4 is 17.3 Å². The van der Waals surface area contributed by atoms with E-state index in [0.717, 1.165) is 0 Å². The van der Waals surface area contributed by atoms with Gasteiger partial charge in [0.15, 0.2) is 0 Å². The number of piperazine rings is 1. The fraction of sp³-hybridized carbons (Fsp3) is 0.267. The molecule has 1 aliphatic rings. The molecule has 1 aromatic heterocycles. The summed E-state index contributed by atoms with van der Waals surface area (Å²) in [5.41, 5.74) is 0.799. The van der Waals surface area contributed by atoms with Gasteiger partial charge in [-0.15, -0.1) is 0 Å². The van der Waals surface area contributed by atoms with E-state index < -0.39 is 4.92 Å². The monoisotopic (exact) mass is 310 g/mol. The summed E-state index contributed by atoms with van der Waals surface area (Å²) in [6.07, 6.45) is 3.39. The number of nitro groups is 1. The lowest BCUT2D eigenvalue weighted by atomic mass is 10.1. The second kappa shape index (κ2) is 6.27. The summed E-state index contributed by atoms with van der Waals surface area (Å²) in [4.78, 5) is 23.3. The highest BCUT2D eigenvalue weighted by Crippen LogP contribution is 2.30. The van der Waals surface area contributed by atoms with Gasteiger partial charge in [0.1, 0.15) is 5.69 Å². The van der Waals surface area contributed by atoms with Gasteiger partial charge >= 0.3 is 0 Å². The number of nitriles is 1. The number of nitro benzene ring substituents is 1. The first-order chi connectivity index (χ1) is 11.2. The molecule has 1 aromatic carbocycles. The Bertz CT molecular complexity index is 750. The Morgan fingerprint density at radius 1 is 1.13 bits per heavy atom. The highest BCUT2D eigenvalue weighted by Gasteiger charge is 2.24. The normalized spacial score (nSPS) is 14.4. The van der Waals surface area contributed by atoms with Gasteiger partial charge in [0.2, 0.25) is 5.95 Å². The Morgan fingerprint density at radius 2 is 1.78 bits per heavy atom. The quantitative estimate of drug-likeness (QED) is 0.627. The van der Waals surface area contributed by atoms with Gasteiger partial charge in [-0.3, -0.25) is 10.1 Å². The Labute approximate surface area is 132 Å². The average Bonchev–Trinajstić information content (AvgIpc) is 2.62. The van der Waals surface area contributed by atoms with Gasteiger partial charge in [-0.2, -0.15) is 5.26 Å². The molecular formula is C15H14N6O2. The van der Waals surface area contributed by atoms with Crippen LogP contribution in [0.5, 0.6) is 0 Å². The van der Waals surface area contributed by atoms with Crippen LogP contribution in [0.4, 0.5) is 17.3 Å². The van der Waals surface area contributed by atoms with Crippen LogP contribution in [0.15, 0.2) is 36.7 Å². The van der Waals surface area contributed by atoms with Crippen molar-refractivity contribution < 1.29 is 4.92 Å². The van der Waals surface area contributed by atoms with Crippen LogP contribution in [0.3, 0.4) is 0 Å². The number of anilines is 2. The third-order valence-corrected chi connectivity index (χ3v) is 3.76. The summed E-state index contributed by atoms with van der Waals surface area (Å²) in [7, 11) is 0. The number of nitrogens with zero attached hydrogens (tertiary/aromatic N) is 6. The van der Waals surface area contributed by atoms with Crippen molar-refractivity contribution in [2.45, 2.75) is 0 Å². The largest absolute Gasteiger partial charge is 0.362 e. The predicted octanol–water partition coefficient (Wildman–Crippen LogP) is 1.58. The second-order valence-electron chi connectivity index (χ2n) is 5.10. The second-order valence-corrected chi connectivity index (χ2v) is 5.10. The molecule has 8 heteroatoms. The molecule has 3 rings (SSSR count). The maximum absolute atomic E-state index is 11.3. The lowest BCUT2D eigenvalue weighted by molar-refractivity contribution is -0.384. The molecule has 0 bridgehead atoms. The molecule has 116 valence electrons. The zero-order valence-corrected chi connectivity index (χ0v) is 12.3. The molecule has 0 saturated carbocycles. The summed E-state index contributed by atoms with van der Waals surface area (Å²) in [5, 5.41) is 20.2. The molecule has 0 unspecified atom stereocenters. The van der Waals surface area contributed by atoms with Crippen LogP contribution in [0.1, 0.15) is 5.56 Å². The average molecular weight is 310 g/mol. The van der Waals surface area contributed by atoms with Gasteiger partial charge in [-0.25, -0.2) is 9.97 Å². The number of aromatic nitrogens is 2. The molecule has 1 saturated heterocycles. The smallest absolute Gasteiger partial charge is 0.293 e. The Balaban J connectivity index is 1.78. The van der Waals surface area contributed by atoms with Crippen molar-refractivity contribution in [3.63, 3.8) is 0 Å².